The van der Waals surface area contributed by atoms with Gasteiger partial charge >= 0.3 is 5.97 Å². The van der Waals surface area contributed by atoms with E-state index in [2.05, 4.69) is 0 Å². The highest BCUT2D eigenvalue weighted by Crippen LogP contribution is 2.59. The van der Waals surface area contributed by atoms with E-state index in [1.165, 1.54) is 7.11 Å². The highest BCUT2D eigenvalue weighted by atomic mass is 16.5. The van der Waals surface area contributed by atoms with Gasteiger partial charge in [0.25, 0.3) is 0 Å². The summed E-state index contributed by atoms with van der Waals surface area (Å²) in [5.41, 5.74) is 5.55. The van der Waals surface area contributed by atoms with Crippen LogP contribution in [0.15, 0.2) is 0 Å². The molecule has 3 nitrogen and oxygen atoms in total. The van der Waals surface area contributed by atoms with Crippen molar-refractivity contribution >= 4 is 5.97 Å². The Labute approximate surface area is 72.3 Å². The molecule has 0 atom stereocenters. The standard InChI is InChI=1S/C9H15NO2/c1-12-7(11)8(3-2-4-8)9(10)5-6-9/h2-6,10H2,1H3. The summed E-state index contributed by atoms with van der Waals surface area (Å²) in [5, 5.41) is 0. The van der Waals surface area contributed by atoms with Crippen LogP contribution in [0.2, 0.25) is 0 Å². The van der Waals surface area contributed by atoms with Gasteiger partial charge in [-0.15, -0.1) is 0 Å². The van der Waals surface area contributed by atoms with Crippen LogP contribution in [-0.2, 0) is 9.53 Å². The van der Waals surface area contributed by atoms with Gasteiger partial charge in [0.2, 0.25) is 0 Å². The lowest BCUT2D eigenvalue weighted by atomic mass is 9.62. The van der Waals surface area contributed by atoms with Gasteiger partial charge in [0, 0.05) is 5.54 Å². The van der Waals surface area contributed by atoms with Crippen LogP contribution in [-0.4, -0.2) is 18.6 Å². The molecule has 0 bridgehead atoms. The van der Waals surface area contributed by atoms with Crippen molar-refractivity contribution in [2.45, 2.75) is 37.6 Å². The maximum atomic E-state index is 11.5. The van der Waals surface area contributed by atoms with Crippen LogP contribution in [0.25, 0.3) is 0 Å². The van der Waals surface area contributed by atoms with E-state index in [1.54, 1.807) is 0 Å². The van der Waals surface area contributed by atoms with Crippen LogP contribution in [0.4, 0.5) is 0 Å². The molecule has 68 valence electrons. The number of rotatable bonds is 2. The number of nitrogens with two attached hydrogens (primary N) is 1. The van der Waals surface area contributed by atoms with Gasteiger partial charge in [-0.05, 0) is 25.7 Å². The van der Waals surface area contributed by atoms with Gasteiger partial charge in [-0.2, -0.15) is 0 Å². The molecular weight excluding hydrogens is 154 g/mol. The van der Waals surface area contributed by atoms with Gasteiger partial charge in [0.05, 0.1) is 12.5 Å². The van der Waals surface area contributed by atoms with Gasteiger partial charge in [-0.1, -0.05) is 6.42 Å². The highest BCUT2D eigenvalue weighted by molar-refractivity contribution is 5.80. The predicted octanol–water partition coefficient (Wildman–Crippen LogP) is 0.821. The van der Waals surface area contributed by atoms with Gasteiger partial charge in [0.1, 0.15) is 0 Å². The molecule has 0 aromatic rings. The van der Waals surface area contributed by atoms with Crippen molar-refractivity contribution in [2.75, 3.05) is 7.11 Å². The summed E-state index contributed by atoms with van der Waals surface area (Å²) in [6.07, 6.45) is 4.95. The quantitative estimate of drug-likeness (QED) is 0.623. The minimum absolute atomic E-state index is 0.0891. The second kappa shape index (κ2) is 2.22. The molecule has 0 saturated heterocycles. The highest BCUT2D eigenvalue weighted by Gasteiger charge is 2.64. The van der Waals surface area contributed by atoms with E-state index in [1.807, 2.05) is 0 Å². The van der Waals surface area contributed by atoms with Crippen molar-refractivity contribution in [3.8, 4) is 0 Å². The van der Waals surface area contributed by atoms with Gasteiger partial charge in [0.15, 0.2) is 0 Å². The number of esters is 1. The number of carbonyl (C=O) groups is 1. The van der Waals surface area contributed by atoms with E-state index in [0.29, 0.717) is 0 Å². The second-order valence-corrected chi connectivity index (χ2v) is 4.08. The van der Waals surface area contributed by atoms with Crippen molar-refractivity contribution < 1.29 is 9.53 Å². The Morgan fingerprint density at radius 3 is 2.17 bits per heavy atom. The molecule has 2 saturated carbocycles. The molecule has 0 amide bonds. The number of hydrogen-bond donors (Lipinski definition) is 1. The van der Waals surface area contributed by atoms with Crippen molar-refractivity contribution in [3.05, 3.63) is 0 Å². The number of carbonyl (C=O) groups excluding carboxylic acids is 1. The van der Waals surface area contributed by atoms with E-state index >= 15 is 0 Å². The zero-order chi connectivity index (χ0) is 8.82. The van der Waals surface area contributed by atoms with E-state index < -0.39 is 0 Å². The lowest BCUT2D eigenvalue weighted by molar-refractivity contribution is -0.161. The van der Waals surface area contributed by atoms with Crippen LogP contribution in [0, 0.1) is 5.41 Å². The Balaban J connectivity index is 2.19. The second-order valence-electron chi connectivity index (χ2n) is 4.08. The molecule has 0 spiro atoms. The fourth-order valence-corrected chi connectivity index (χ4v) is 2.24. The maximum absolute atomic E-state index is 11.5. The molecule has 3 heteroatoms. The van der Waals surface area contributed by atoms with Crippen LogP contribution in [0.1, 0.15) is 32.1 Å². The molecule has 0 heterocycles. The van der Waals surface area contributed by atoms with Crippen LogP contribution in [0.5, 0.6) is 0 Å². The molecule has 0 unspecified atom stereocenters. The Bertz CT molecular complexity index is 217. The molecule has 2 aliphatic carbocycles. The van der Waals surface area contributed by atoms with Crippen molar-refractivity contribution in [2.24, 2.45) is 11.1 Å². The molecule has 12 heavy (non-hydrogen) atoms. The summed E-state index contributed by atoms with van der Waals surface area (Å²) in [7, 11) is 1.45. The van der Waals surface area contributed by atoms with Crippen LogP contribution >= 0.6 is 0 Å². The van der Waals surface area contributed by atoms with Crippen molar-refractivity contribution in [1.82, 2.24) is 0 Å². The first kappa shape index (κ1) is 8.05. The molecule has 2 fully saturated rings. The number of hydrogen-bond acceptors (Lipinski definition) is 3. The van der Waals surface area contributed by atoms with Crippen LogP contribution < -0.4 is 5.73 Å². The summed E-state index contributed by atoms with van der Waals surface area (Å²) in [5.74, 6) is -0.0891. The van der Waals surface area contributed by atoms with E-state index in [9.17, 15) is 4.79 Å². The third-order valence-corrected chi connectivity index (χ3v) is 3.52. The maximum Gasteiger partial charge on any atom is 0.313 e. The number of ether oxygens (including phenoxy) is 1. The third-order valence-electron chi connectivity index (χ3n) is 3.52. The Kier molecular flexibility index (Phi) is 1.49. The average Bonchev–Trinajstić information content (AvgIpc) is 2.66. The molecule has 0 aromatic carbocycles. The lowest BCUT2D eigenvalue weighted by Gasteiger charge is -2.43. The largest absolute Gasteiger partial charge is 0.469 e. The molecule has 0 aliphatic heterocycles. The average molecular weight is 169 g/mol. The first-order valence-electron chi connectivity index (χ1n) is 4.52. The van der Waals surface area contributed by atoms with Crippen LogP contribution in [0.3, 0.4) is 0 Å². The van der Waals surface area contributed by atoms with E-state index in [0.717, 1.165) is 32.1 Å². The fourth-order valence-electron chi connectivity index (χ4n) is 2.24. The minimum Gasteiger partial charge on any atom is -0.469 e. The van der Waals surface area contributed by atoms with Crippen molar-refractivity contribution in [3.63, 3.8) is 0 Å². The zero-order valence-electron chi connectivity index (χ0n) is 7.43. The van der Waals surface area contributed by atoms with Gasteiger partial charge in [-0.25, -0.2) is 0 Å². The number of methoxy groups -OCH3 is 1. The van der Waals surface area contributed by atoms with Crippen molar-refractivity contribution in [1.29, 1.82) is 0 Å². The van der Waals surface area contributed by atoms with E-state index in [4.69, 9.17) is 10.5 Å². The van der Waals surface area contributed by atoms with Gasteiger partial charge in [-0.3, -0.25) is 4.79 Å². The molecule has 0 radical (unpaired) electrons. The Morgan fingerprint density at radius 1 is 1.33 bits per heavy atom. The normalized spacial score (nSPS) is 28.8. The molecule has 0 aromatic heterocycles. The zero-order valence-corrected chi connectivity index (χ0v) is 7.43. The Hall–Kier alpha value is -0.570. The molecule has 2 N–H and O–H groups in total. The first-order chi connectivity index (χ1) is 5.65. The lowest BCUT2D eigenvalue weighted by Crippen LogP contribution is -2.54. The molecular formula is C9H15NO2. The first-order valence-corrected chi connectivity index (χ1v) is 4.52. The fraction of sp³-hybridized carbons (Fsp3) is 0.889. The summed E-state index contributed by atoms with van der Waals surface area (Å²) in [4.78, 5) is 11.5. The summed E-state index contributed by atoms with van der Waals surface area (Å²) in [6.45, 7) is 0. The molecule has 2 rings (SSSR count). The van der Waals surface area contributed by atoms with E-state index in [-0.39, 0.29) is 16.9 Å². The Morgan fingerprint density at radius 2 is 1.92 bits per heavy atom. The smallest absolute Gasteiger partial charge is 0.313 e. The third kappa shape index (κ3) is 0.774. The minimum atomic E-state index is -0.304. The summed E-state index contributed by atoms with van der Waals surface area (Å²) >= 11 is 0. The summed E-state index contributed by atoms with van der Waals surface area (Å²) < 4.78 is 4.81. The summed E-state index contributed by atoms with van der Waals surface area (Å²) in [6, 6.07) is 0. The van der Waals surface area contributed by atoms with Gasteiger partial charge < -0.3 is 10.5 Å². The monoisotopic (exact) mass is 169 g/mol. The topological polar surface area (TPSA) is 52.3 Å². The molecule has 2 aliphatic rings. The predicted molar refractivity (Wildman–Crippen MR) is 44.5 cm³/mol. The SMILES string of the molecule is COC(=O)C1(C2(N)CC2)CCC1.